The van der Waals surface area contributed by atoms with Crippen LogP contribution in [0, 0.1) is 17.2 Å². The molecule has 1 N–H and O–H groups in total. The third-order valence-corrected chi connectivity index (χ3v) is 5.71. The van der Waals surface area contributed by atoms with Crippen molar-refractivity contribution < 1.29 is 9.59 Å². The lowest BCUT2D eigenvalue weighted by Gasteiger charge is -2.21. The third kappa shape index (κ3) is 6.49. The number of aryl methyl sites for hydroxylation is 1. The van der Waals surface area contributed by atoms with Gasteiger partial charge in [0.15, 0.2) is 5.13 Å². The summed E-state index contributed by atoms with van der Waals surface area (Å²) < 4.78 is 1.96. The lowest BCUT2D eigenvalue weighted by molar-refractivity contribution is -0.119. The Morgan fingerprint density at radius 1 is 1.28 bits per heavy atom. The number of hydrogen-bond acceptors (Lipinski definition) is 6. The largest absolute Gasteiger partial charge is 0.351 e. The zero-order chi connectivity index (χ0) is 22.9. The maximum Gasteiger partial charge on any atom is 0.263 e. The fourth-order valence-electron chi connectivity index (χ4n) is 3.05. The van der Waals surface area contributed by atoms with Gasteiger partial charge in [-0.2, -0.15) is 5.26 Å². The van der Waals surface area contributed by atoms with Crippen molar-refractivity contribution in [3.63, 3.8) is 0 Å². The molecule has 0 spiro atoms. The fraction of sp³-hybridized carbons (Fsp3) is 0.348. The molecule has 9 heteroatoms. The van der Waals surface area contributed by atoms with E-state index in [1.165, 1.54) is 17.5 Å². The van der Waals surface area contributed by atoms with Crippen molar-refractivity contribution in [1.82, 2.24) is 19.9 Å². The molecule has 0 aliphatic heterocycles. The van der Waals surface area contributed by atoms with Crippen LogP contribution in [0.3, 0.4) is 0 Å². The number of amides is 2. The number of carbonyl (C=O) groups is 2. The van der Waals surface area contributed by atoms with Gasteiger partial charge in [-0.3, -0.25) is 14.5 Å². The Morgan fingerprint density at radius 2 is 2.06 bits per heavy atom. The summed E-state index contributed by atoms with van der Waals surface area (Å²) in [7, 11) is 0. The molecule has 0 aliphatic carbocycles. The minimum Gasteiger partial charge on any atom is -0.351 e. The second kappa shape index (κ2) is 11.2. The van der Waals surface area contributed by atoms with Crippen LogP contribution in [0.25, 0.3) is 0 Å². The van der Waals surface area contributed by atoms with Gasteiger partial charge in [-0.25, -0.2) is 9.97 Å². The lowest BCUT2D eigenvalue weighted by Crippen LogP contribution is -2.31. The number of nitriles is 1. The van der Waals surface area contributed by atoms with E-state index in [0.717, 1.165) is 18.5 Å². The highest BCUT2D eigenvalue weighted by Crippen LogP contribution is 2.26. The van der Waals surface area contributed by atoms with Gasteiger partial charge in [0.25, 0.3) is 5.91 Å². The van der Waals surface area contributed by atoms with Gasteiger partial charge in [-0.05, 0) is 30.0 Å². The number of thiazole rings is 1. The first-order valence-electron chi connectivity index (χ1n) is 10.5. The molecule has 0 unspecified atom stereocenters. The van der Waals surface area contributed by atoms with E-state index in [1.807, 2.05) is 36.7 Å². The average Bonchev–Trinajstić information content (AvgIpc) is 3.47. The zero-order valence-corrected chi connectivity index (χ0v) is 19.0. The molecular weight excluding hydrogens is 424 g/mol. The number of rotatable bonds is 10. The first kappa shape index (κ1) is 23.2. The van der Waals surface area contributed by atoms with Crippen molar-refractivity contribution in [2.75, 3.05) is 11.4 Å². The molecule has 2 aromatic heterocycles. The summed E-state index contributed by atoms with van der Waals surface area (Å²) in [5, 5.41) is 12.4. The summed E-state index contributed by atoms with van der Waals surface area (Å²) in [6.07, 6.45) is 8.03. The van der Waals surface area contributed by atoms with Gasteiger partial charge in [0, 0.05) is 31.9 Å². The Balaban J connectivity index is 1.65. The van der Waals surface area contributed by atoms with E-state index in [9.17, 15) is 9.59 Å². The zero-order valence-electron chi connectivity index (χ0n) is 18.2. The molecule has 0 aliphatic rings. The lowest BCUT2D eigenvalue weighted by atomic mass is 10.1. The van der Waals surface area contributed by atoms with Crippen molar-refractivity contribution in [2.24, 2.45) is 5.92 Å². The molecule has 0 atom stereocenters. The summed E-state index contributed by atoms with van der Waals surface area (Å²) in [6.45, 7) is 5.61. The molecule has 0 radical (unpaired) electrons. The number of hydrogen-bond donors (Lipinski definition) is 1. The molecule has 166 valence electrons. The Kier molecular flexibility index (Phi) is 8.11. The number of anilines is 1. The van der Waals surface area contributed by atoms with Gasteiger partial charge in [-0.1, -0.05) is 37.3 Å². The molecule has 8 nitrogen and oxygen atoms in total. The van der Waals surface area contributed by atoms with Crippen LogP contribution in [0.5, 0.6) is 0 Å². The average molecular weight is 451 g/mol. The number of benzene rings is 1. The minimum absolute atomic E-state index is 0.0500. The topological polar surface area (TPSA) is 104 Å². The molecule has 0 bridgehead atoms. The van der Waals surface area contributed by atoms with Crippen LogP contribution in [-0.2, 0) is 17.9 Å². The highest BCUT2D eigenvalue weighted by atomic mass is 32.1. The normalized spacial score (nSPS) is 10.7. The summed E-state index contributed by atoms with van der Waals surface area (Å²) in [4.78, 5) is 35.9. The number of nitrogens with zero attached hydrogens (tertiary/aromatic N) is 5. The predicted octanol–water partition coefficient (Wildman–Crippen LogP) is 3.61. The van der Waals surface area contributed by atoms with Crippen LogP contribution >= 0.6 is 11.3 Å². The van der Waals surface area contributed by atoms with Gasteiger partial charge in [0.05, 0.1) is 30.7 Å². The van der Waals surface area contributed by atoms with E-state index >= 15 is 0 Å². The van der Waals surface area contributed by atoms with Crippen molar-refractivity contribution >= 4 is 28.3 Å². The van der Waals surface area contributed by atoms with Gasteiger partial charge in [-0.15, -0.1) is 0 Å². The van der Waals surface area contributed by atoms with Crippen molar-refractivity contribution in [1.29, 1.82) is 5.26 Å². The van der Waals surface area contributed by atoms with Gasteiger partial charge >= 0.3 is 0 Å². The molecular formula is C23H26N6O2S. The molecule has 2 heterocycles. The standard InChI is InChI=1S/C23H26N6O2S/c1-17(2)12-21(30)29(15-19-6-4-18(13-24)5-7-19)23-27-14-20(32-23)22(31)26-8-3-10-28-11-9-25-16-28/h4-7,9,11,14,16-17H,3,8,10,12,15H2,1-2H3,(H,26,31). The summed E-state index contributed by atoms with van der Waals surface area (Å²) in [5.74, 6) is -0.0517. The van der Waals surface area contributed by atoms with Crippen LogP contribution < -0.4 is 10.2 Å². The molecule has 0 fully saturated rings. The smallest absolute Gasteiger partial charge is 0.263 e. The molecule has 3 aromatic rings. The summed E-state index contributed by atoms with van der Waals surface area (Å²) >= 11 is 1.20. The van der Waals surface area contributed by atoms with Crippen LogP contribution in [0.2, 0.25) is 0 Å². The monoisotopic (exact) mass is 450 g/mol. The molecule has 2 amide bonds. The first-order chi connectivity index (χ1) is 15.5. The van der Waals surface area contributed by atoms with Crippen LogP contribution in [0.1, 0.15) is 47.5 Å². The fourth-order valence-corrected chi connectivity index (χ4v) is 3.90. The van der Waals surface area contributed by atoms with Crippen molar-refractivity contribution in [3.05, 3.63) is 65.2 Å². The third-order valence-electron chi connectivity index (χ3n) is 4.69. The minimum atomic E-state index is -0.200. The number of carbonyl (C=O) groups excluding carboxylic acids is 2. The van der Waals surface area contributed by atoms with Gasteiger partial charge in [0.1, 0.15) is 4.88 Å². The summed E-state index contributed by atoms with van der Waals surface area (Å²) in [6, 6.07) is 9.21. The predicted molar refractivity (Wildman–Crippen MR) is 123 cm³/mol. The maximum absolute atomic E-state index is 12.9. The molecule has 1 aromatic carbocycles. The molecule has 0 saturated carbocycles. The van der Waals surface area contributed by atoms with E-state index in [0.29, 0.717) is 35.1 Å². The Hall–Kier alpha value is -3.51. The van der Waals surface area contributed by atoms with Crippen LogP contribution in [0.15, 0.2) is 49.2 Å². The van der Waals surface area contributed by atoms with Gasteiger partial charge in [0.2, 0.25) is 5.91 Å². The maximum atomic E-state index is 12.9. The van der Waals surface area contributed by atoms with E-state index in [2.05, 4.69) is 21.4 Å². The second-order valence-corrected chi connectivity index (χ2v) is 8.81. The van der Waals surface area contributed by atoms with E-state index in [1.54, 1.807) is 29.6 Å². The van der Waals surface area contributed by atoms with E-state index in [4.69, 9.17) is 5.26 Å². The highest BCUT2D eigenvalue weighted by Gasteiger charge is 2.22. The SMILES string of the molecule is CC(C)CC(=O)N(Cc1ccc(C#N)cc1)c1ncc(C(=O)NCCCn2ccnc2)s1. The molecule has 0 saturated heterocycles. The number of imidazole rings is 1. The number of aromatic nitrogens is 3. The second-order valence-electron chi connectivity index (χ2n) is 7.80. The first-order valence-corrected chi connectivity index (χ1v) is 11.3. The van der Waals surface area contributed by atoms with E-state index < -0.39 is 0 Å². The van der Waals surface area contributed by atoms with Crippen molar-refractivity contribution in [2.45, 2.75) is 39.8 Å². The Bertz CT molecular complexity index is 1070. The molecule has 3 rings (SSSR count). The van der Waals surface area contributed by atoms with Gasteiger partial charge < -0.3 is 9.88 Å². The Morgan fingerprint density at radius 3 is 2.72 bits per heavy atom. The molecule has 32 heavy (non-hydrogen) atoms. The van der Waals surface area contributed by atoms with Crippen LogP contribution in [0.4, 0.5) is 5.13 Å². The Labute approximate surface area is 191 Å². The summed E-state index contributed by atoms with van der Waals surface area (Å²) in [5.41, 5.74) is 1.46. The number of nitrogens with one attached hydrogen (secondary N) is 1. The van der Waals surface area contributed by atoms with Crippen molar-refractivity contribution in [3.8, 4) is 6.07 Å². The van der Waals surface area contributed by atoms with Crippen LogP contribution in [-0.4, -0.2) is 32.9 Å². The quantitative estimate of drug-likeness (QED) is 0.475. The highest BCUT2D eigenvalue weighted by molar-refractivity contribution is 7.17. The van der Waals surface area contributed by atoms with E-state index in [-0.39, 0.29) is 17.7 Å².